The lowest BCUT2D eigenvalue weighted by molar-refractivity contribution is -0.144. The first-order valence-electron chi connectivity index (χ1n) is 9.72. The zero-order chi connectivity index (χ0) is 18.0. The first-order valence-corrected chi connectivity index (χ1v) is 9.72. The molecule has 0 saturated heterocycles. The van der Waals surface area contributed by atoms with Crippen LogP contribution in [0.3, 0.4) is 0 Å². The number of carboxylic acid groups (broad SMARTS) is 1. The fraction of sp³-hybridized carbons (Fsp3) is 0.895. The molecular formula is C19H37NO4. The van der Waals surface area contributed by atoms with Gasteiger partial charge < -0.3 is 15.1 Å². The van der Waals surface area contributed by atoms with Crippen LogP contribution in [0.25, 0.3) is 0 Å². The van der Waals surface area contributed by atoms with E-state index < -0.39 is 5.97 Å². The van der Waals surface area contributed by atoms with Gasteiger partial charge in [-0.2, -0.15) is 0 Å². The number of hydrogen-bond acceptors (Lipinski definition) is 3. The van der Waals surface area contributed by atoms with Crippen molar-refractivity contribution < 1.29 is 19.8 Å². The molecule has 142 valence electrons. The molecule has 0 heterocycles. The Labute approximate surface area is 147 Å². The molecule has 0 atom stereocenters. The van der Waals surface area contributed by atoms with Crippen LogP contribution in [0.5, 0.6) is 0 Å². The second kappa shape index (κ2) is 16.7. The summed E-state index contributed by atoms with van der Waals surface area (Å²) in [5.74, 6) is -1.11. The lowest BCUT2D eigenvalue weighted by Gasteiger charge is -2.20. The molecule has 0 aliphatic heterocycles. The number of aliphatic hydroxyl groups excluding tert-OH is 1. The summed E-state index contributed by atoms with van der Waals surface area (Å²) >= 11 is 0. The van der Waals surface area contributed by atoms with Crippen molar-refractivity contribution in [2.45, 2.75) is 90.4 Å². The fourth-order valence-electron chi connectivity index (χ4n) is 2.82. The molecule has 0 bridgehead atoms. The summed E-state index contributed by atoms with van der Waals surface area (Å²) in [5.41, 5.74) is 0. The van der Waals surface area contributed by atoms with E-state index in [0.29, 0.717) is 19.4 Å². The van der Waals surface area contributed by atoms with E-state index in [0.717, 1.165) is 19.3 Å². The minimum atomic E-state index is -1.000. The highest BCUT2D eigenvalue weighted by Crippen LogP contribution is 2.12. The zero-order valence-electron chi connectivity index (χ0n) is 15.5. The number of amides is 1. The quantitative estimate of drug-likeness (QED) is 0.392. The number of carboxylic acids is 1. The Hall–Kier alpha value is -1.10. The van der Waals surface area contributed by atoms with Gasteiger partial charge in [-0.3, -0.25) is 9.59 Å². The van der Waals surface area contributed by atoms with Crippen LogP contribution in [0.1, 0.15) is 90.4 Å². The Morgan fingerprint density at radius 1 is 0.792 bits per heavy atom. The van der Waals surface area contributed by atoms with E-state index in [4.69, 9.17) is 10.2 Å². The van der Waals surface area contributed by atoms with Gasteiger partial charge in [0.05, 0.1) is 0 Å². The second-order valence-corrected chi connectivity index (χ2v) is 6.57. The molecule has 1 amide bonds. The van der Waals surface area contributed by atoms with Gasteiger partial charge >= 0.3 is 5.97 Å². The molecule has 0 unspecified atom stereocenters. The van der Waals surface area contributed by atoms with E-state index in [1.54, 1.807) is 0 Å². The molecule has 0 aromatic heterocycles. The SMILES string of the molecule is CCCCCCCCCCCCCC(=O)N(CCCO)CC(=O)O. The molecule has 2 N–H and O–H groups in total. The number of carbonyl (C=O) groups excluding carboxylic acids is 1. The van der Waals surface area contributed by atoms with E-state index in [-0.39, 0.29) is 19.1 Å². The Balaban J connectivity index is 3.59. The second-order valence-electron chi connectivity index (χ2n) is 6.57. The Morgan fingerprint density at radius 2 is 1.29 bits per heavy atom. The summed E-state index contributed by atoms with van der Waals surface area (Å²) in [6, 6.07) is 0. The molecule has 0 aliphatic carbocycles. The standard InChI is InChI=1S/C19H37NO4/c1-2-3-4-5-6-7-8-9-10-11-12-14-18(22)20(15-13-16-21)17-19(23)24/h21H,2-17H2,1H3,(H,23,24). The van der Waals surface area contributed by atoms with Gasteiger partial charge in [-0.15, -0.1) is 0 Å². The van der Waals surface area contributed by atoms with Crippen LogP contribution >= 0.6 is 0 Å². The van der Waals surface area contributed by atoms with Crippen molar-refractivity contribution >= 4 is 11.9 Å². The average molecular weight is 344 g/mol. The van der Waals surface area contributed by atoms with Crippen LogP contribution in [-0.4, -0.2) is 46.7 Å². The minimum absolute atomic E-state index is 0.0259. The van der Waals surface area contributed by atoms with Gasteiger partial charge in [0.1, 0.15) is 6.54 Å². The van der Waals surface area contributed by atoms with Crippen molar-refractivity contribution in [3.05, 3.63) is 0 Å². The first-order chi connectivity index (χ1) is 11.6. The minimum Gasteiger partial charge on any atom is -0.480 e. The van der Waals surface area contributed by atoms with E-state index >= 15 is 0 Å². The third-order valence-electron chi connectivity index (χ3n) is 4.26. The summed E-state index contributed by atoms with van der Waals surface area (Å²) in [7, 11) is 0. The summed E-state index contributed by atoms with van der Waals surface area (Å²) in [5, 5.41) is 17.7. The molecule has 5 heteroatoms. The lowest BCUT2D eigenvalue weighted by atomic mass is 10.1. The molecule has 0 aliphatic rings. The molecule has 0 spiro atoms. The van der Waals surface area contributed by atoms with Crippen molar-refractivity contribution in [2.24, 2.45) is 0 Å². The summed E-state index contributed by atoms with van der Waals surface area (Å²) in [6.45, 7) is 2.26. The maximum atomic E-state index is 12.0. The summed E-state index contributed by atoms with van der Waals surface area (Å²) < 4.78 is 0. The van der Waals surface area contributed by atoms with Crippen molar-refractivity contribution in [3.8, 4) is 0 Å². The molecule has 24 heavy (non-hydrogen) atoms. The van der Waals surface area contributed by atoms with Gasteiger partial charge in [0.25, 0.3) is 0 Å². The highest BCUT2D eigenvalue weighted by molar-refractivity contribution is 5.81. The third kappa shape index (κ3) is 14.5. The molecule has 0 radical (unpaired) electrons. The molecule has 5 nitrogen and oxygen atoms in total. The summed E-state index contributed by atoms with van der Waals surface area (Å²) in [6.07, 6.45) is 14.4. The number of unbranched alkanes of at least 4 members (excludes halogenated alkanes) is 10. The Morgan fingerprint density at radius 3 is 1.75 bits per heavy atom. The zero-order valence-corrected chi connectivity index (χ0v) is 15.5. The average Bonchev–Trinajstić information content (AvgIpc) is 2.55. The van der Waals surface area contributed by atoms with E-state index in [1.165, 1.54) is 56.3 Å². The number of rotatable bonds is 17. The van der Waals surface area contributed by atoms with Crippen molar-refractivity contribution in [3.63, 3.8) is 0 Å². The van der Waals surface area contributed by atoms with Crippen molar-refractivity contribution in [1.29, 1.82) is 0 Å². The van der Waals surface area contributed by atoms with E-state index in [1.807, 2.05) is 0 Å². The van der Waals surface area contributed by atoms with Gasteiger partial charge in [0.15, 0.2) is 0 Å². The number of nitrogens with zero attached hydrogens (tertiary/aromatic N) is 1. The molecule has 0 aromatic carbocycles. The Bertz CT molecular complexity index is 320. The number of carbonyl (C=O) groups is 2. The van der Waals surface area contributed by atoms with Crippen LogP contribution in [-0.2, 0) is 9.59 Å². The fourth-order valence-corrected chi connectivity index (χ4v) is 2.82. The molecule has 0 rings (SSSR count). The number of hydrogen-bond donors (Lipinski definition) is 2. The predicted molar refractivity (Wildman–Crippen MR) is 97.0 cm³/mol. The Kier molecular flexibility index (Phi) is 16.0. The normalized spacial score (nSPS) is 10.8. The maximum Gasteiger partial charge on any atom is 0.323 e. The van der Waals surface area contributed by atoms with Crippen LogP contribution in [0.2, 0.25) is 0 Å². The van der Waals surface area contributed by atoms with Gasteiger partial charge in [0, 0.05) is 19.6 Å². The van der Waals surface area contributed by atoms with Gasteiger partial charge in [-0.25, -0.2) is 0 Å². The molecular weight excluding hydrogens is 306 g/mol. The highest BCUT2D eigenvalue weighted by atomic mass is 16.4. The van der Waals surface area contributed by atoms with E-state index in [2.05, 4.69) is 6.92 Å². The van der Waals surface area contributed by atoms with Gasteiger partial charge in [-0.05, 0) is 12.8 Å². The predicted octanol–water partition coefficient (Wildman–Crippen LogP) is 3.98. The highest BCUT2D eigenvalue weighted by Gasteiger charge is 2.15. The van der Waals surface area contributed by atoms with Crippen LogP contribution in [0, 0.1) is 0 Å². The smallest absolute Gasteiger partial charge is 0.323 e. The van der Waals surface area contributed by atoms with Crippen LogP contribution < -0.4 is 0 Å². The van der Waals surface area contributed by atoms with Crippen LogP contribution in [0.4, 0.5) is 0 Å². The van der Waals surface area contributed by atoms with Crippen molar-refractivity contribution in [1.82, 2.24) is 4.90 Å². The van der Waals surface area contributed by atoms with Crippen LogP contribution in [0.15, 0.2) is 0 Å². The first kappa shape index (κ1) is 22.9. The number of aliphatic hydroxyl groups is 1. The number of aliphatic carboxylic acids is 1. The third-order valence-corrected chi connectivity index (χ3v) is 4.26. The van der Waals surface area contributed by atoms with Crippen molar-refractivity contribution in [2.75, 3.05) is 19.7 Å². The molecule has 0 saturated carbocycles. The van der Waals surface area contributed by atoms with E-state index in [9.17, 15) is 9.59 Å². The maximum absolute atomic E-state index is 12.0. The van der Waals surface area contributed by atoms with Gasteiger partial charge in [0.2, 0.25) is 5.91 Å². The largest absolute Gasteiger partial charge is 0.480 e. The molecule has 0 fully saturated rings. The monoisotopic (exact) mass is 343 g/mol. The van der Waals surface area contributed by atoms with Gasteiger partial charge in [-0.1, -0.05) is 71.1 Å². The summed E-state index contributed by atoms with van der Waals surface area (Å²) in [4.78, 5) is 24.1. The topological polar surface area (TPSA) is 77.8 Å². The lowest BCUT2D eigenvalue weighted by Crippen LogP contribution is -2.36. The molecule has 0 aromatic rings.